The van der Waals surface area contributed by atoms with Gasteiger partial charge < -0.3 is 10.6 Å². The van der Waals surface area contributed by atoms with Crippen LogP contribution in [0.1, 0.15) is 22.1 Å². The number of aromatic nitrogens is 2. The van der Waals surface area contributed by atoms with Crippen molar-refractivity contribution in [2.24, 2.45) is 0 Å². The van der Waals surface area contributed by atoms with Crippen LogP contribution >= 0.6 is 11.6 Å². The number of benzene rings is 2. The van der Waals surface area contributed by atoms with Crippen LogP contribution in [0.15, 0.2) is 60.8 Å². The normalized spacial score (nSPS) is 16.4. The summed E-state index contributed by atoms with van der Waals surface area (Å²) in [5.41, 5.74) is 2.35. The second-order valence-corrected chi connectivity index (χ2v) is 5.69. The first-order valence-electron chi connectivity index (χ1n) is 7.19. The van der Waals surface area contributed by atoms with Crippen molar-refractivity contribution in [3.8, 4) is 5.69 Å². The number of carbonyl (C=O) groups excluding carboxylic acids is 1. The highest BCUT2D eigenvalue weighted by atomic mass is 35.5. The molecule has 0 spiro atoms. The van der Waals surface area contributed by atoms with Gasteiger partial charge in [-0.15, -0.1) is 0 Å². The van der Waals surface area contributed by atoms with Gasteiger partial charge in [0.05, 0.1) is 11.9 Å². The van der Waals surface area contributed by atoms with Crippen molar-refractivity contribution in [2.75, 3.05) is 5.32 Å². The van der Waals surface area contributed by atoms with E-state index in [1.165, 1.54) is 0 Å². The maximum Gasteiger partial charge on any atom is 0.258 e. The zero-order valence-electron chi connectivity index (χ0n) is 12.0. The van der Waals surface area contributed by atoms with Crippen molar-refractivity contribution in [1.82, 2.24) is 15.1 Å². The summed E-state index contributed by atoms with van der Waals surface area (Å²) in [5, 5.41) is 11.3. The van der Waals surface area contributed by atoms with Gasteiger partial charge in [-0.25, -0.2) is 4.68 Å². The molecule has 0 bridgehead atoms. The highest BCUT2D eigenvalue weighted by molar-refractivity contribution is 6.30. The van der Waals surface area contributed by atoms with E-state index in [-0.39, 0.29) is 12.1 Å². The molecule has 0 saturated heterocycles. The number of hydrogen-bond donors (Lipinski definition) is 2. The van der Waals surface area contributed by atoms with Crippen LogP contribution in [-0.4, -0.2) is 15.7 Å². The Morgan fingerprint density at radius 2 is 1.74 bits per heavy atom. The van der Waals surface area contributed by atoms with E-state index in [1.54, 1.807) is 23.0 Å². The van der Waals surface area contributed by atoms with Crippen molar-refractivity contribution in [3.63, 3.8) is 0 Å². The van der Waals surface area contributed by atoms with Gasteiger partial charge in [-0.1, -0.05) is 41.9 Å². The Bertz CT molecular complexity index is 858. The molecule has 1 atom stereocenters. The number of carbonyl (C=O) groups is 1. The Kier molecular flexibility index (Phi) is 3.28. The van der Waals surface area contributed by atoms with Crippen LogP contribution in [-0.2, 0) is 0 Å². The lowest BCUT2D eigenvalue weighted by molar-refractivity contribution is 0.0935. The molecule has 6 heteroatoms. The Morgan fingerprint density at radius 1 is 1.00 bits per heavy atom. The van der Waals surface area contributed by atoms with Crippen LogP contribution < -0.4 is 10.6 Å². The van der Waals surface area contributed by atoms with Crippen LogP contribution in [0.25, 0.3) is 5.69 Å². The second-order valence-electron chi connectivity index (χ2n) is 5.26. The monoisotopic (exact) mass is 324 g/mol. The molecule has 1 unspecified atom stereocenters. The van der Waals surface area contributed by atoms with Gasteiger partial charge in [-0.2, -0.15) is 5.10 Å². The van der Waals surface area contributed by atoms with Crippen LogP contribution in [0.4, 0.5) is 5.82 Å². The Hall–Kier alpha value is -2.79. The SMILES string of the molecule is O=C1NC(c2ccc(Cl)cc2)Nc2c1cnn2-c1ccccc1. The second kappa shape index (κ2) is 5.44. The maximum atomic E-state index is 12.4. The van der Waals surface area contributed by atoms with Crippen molar-refractivity contribution < 1.29 is 4.79 Å². The zero-order valence-corrected chi connectivity index (χ0v) is 12.8. The van der Waals surface area contributed by atoms with E-state index in [0.717, 1.165) is 11.3 Å². The zero-order chi connectivity index (χ0) is 15.8. The number of para-hydroxylation sites is 1. The van der Waals surface area contributed by atoms with Gasteiger partial charge >= 0.3 is 0 Å². The minimum absolute atomic E-state index is 0.152. The maximum absolute atomic E-state index is 12.4. The molecule has 0 saturated carbocycles. The third kappa shape index (κ3) is 2.45. The molecular weight excluding hydrogens is 312 g/mol. The van der Waals surface area contributed by atoms with Gasteiger partial charge in [0.1, 0.15) is 17.5 Å². The first kappa shape index (κ1) is 13.8. The molecule has 1 aliphatic heterocycles. The number of rotatable bonds is 2. The van der Waals surface area contributed by atoms with E-state index in [0.29, 0.717) is 16.4 Å². The minimum Gasteiger partial charge on any atom is -0.345 e. The molecule has 2 heterocycles. The number of nitrogens with zero attached hydrogens (tertiary/aromatic N) is 2. The summed E-state index contributed by atoms with van der Waals surface area (Å²) in [6, 6.07) is 17.1. The van der Waals surface area contributed by atoms with Gasteiger partial charge in [0, 0.05) is 5.02 Å². The number of nitrogens with one attached hydrogen (secondary N) is 2. The van der Waals surface area contributed by atoms with Crippen LogP contribution in [0.2, 0.25) is 5.02 Å². The number of hydrogen-bond acceptors (Lipinski definition) is 3. The summed E-state index contributed by atoms with van der Waals surface area (Å²) in [6.07, 6.45) is 1.24. The van der Waals surface area contributed by atoms with Crippen molar-refractivity contribution in [1.29, 1.82) is 0 Å². The molecule has 2 N–H and O–H groups in total. The Labute approximate surface area is 137 Å². The summed E-state index contributed by atoms with van der Waals surface area (Å²) in [5.74, 6) is 0.529. The molecule has 1 aliphatic rings. The first-order valence-corrected chi connectivity index (χ1v) is 7.56. The molecule has 4 rings (SSSR count). The van der Waals surface area contributed by atoms with E-state index < -0.39 is 0 Å². The topological polar surface area (TPSA) is 59.0 Å². The lowest BCUT2D eigenvalue weighted by atomic mass is 10.1. The van der Waals surface area contributed by atoms with E-state index in [4.69, 9.17) is 11.6 Å². The van der Waals surface area contributed by atoms with Gasteiger partial charge in [0.15, 0.2) is 0 Å². The summed E-state index contributed by atoms with van der Waals surface area (Å²) < 4.78 is 1.73. The number of anilines is 1. The summed E-state index contributed by atoms with van der Waals surface area (Å²) in [4.78, 5) is 12.4. The van der Waals surface area contributed by atoms with Crippen LogP contribution in [0.5, 0.6) is 0 Å². The lowest BCUT2D eigenvalue weighted by Crippen LogP contribution is -2.38. The largest absolute Gasteiger partial charge is 0.345 e. The third-order valence-corrected chi connectivity index (χ3v) is 4.03. The molecule has 0 radical (unpaired) electrons. The predicted octanol–water partition coefficient (Wildman–Crippen LogP) is 3.38. The van der Waals surface area contributed by atoms with Crippen LogP contribution in [0, 0.1) is 0 Å². The Morgan fingerprint density at radius 3 is 2.48 bits per heavy atom. The lowest BCUT2D eigenvalue weighted by Gasteiger charge is -2.27. The Balaban J connectivity index is 1.74. The van der Waals surface area contributed by atoms with Gasteiger partial charge in [-0.3, -0.25) is 4.79 Å². The summed E-state index contributed by atoms with van der Waals surface area (Å²) in [6.45, 7) is 0. The fourth-order valence-electron chi connectivity index (χ4n) is 2.62. The summed E-state index contributed by atoms with van der Waals surface area (Å²) in [7, 11) is 0. The summed E-state index contributed by atoms with van der Waals surface area (Å²) >= 11 is 5.93. The third-order valence-electron chi connectivity index (χ3n) is 3.77. The van der Waals surface area contributed by atoms with E-state index in [9.17, 15) is 4.79 Å². The number of fused-ring (bicyclic) bond motifs is 1. The van der Waals surface area contributed by atoms with Crippen molar-refractivity contribution in [3.05, 3.63) is 76.9 Å². The standard InChI is InChI=1S/C17H13ClN4O/c18-12-8-6-11(7-9-12)15-20-16-14(17(23)21-15)10-19-22(16)13-4-2-1-3-5-13/h1-10,15,20H,(H,21,23). The molecule has 114 valence electrons. The molecule has 23 heavy (non-hydrogen) atoms. The highest BCUT2D eigenvalue weighted by Crippen LogP contribution is 2.29. The molecule has 0 fully saturated rings. The fraction of sp³-hybridized carbons (Fsp3) is 0.0588. The smallest absolute Gasteiger partial charge is 0.258 e. The quantitative estimate of drug-likeness (QED) is 0.759. The van der Waals surface area contributed by atoms with E-state index >= 15 is 0 Å². The molecule has 3 aromatic rings. The van der Waals surface area contributed by atoms with Crippen molar-refractivity contribution in [2.45, 2.75) is 6.17 Å². The number of halogens is 1. The van der Waals surface area contributed by atoms with Crippen LogP contribution in [0.3, 0.4) is 0 Å². The van der Waals surface area contributed by atoms with Gasteiger partial charge in [-0.05, 0) is 29.8 Å². The molecule has 2 aromatic carbocycles. The van der Waals surface area contributed by atoms with E-state index in [2.05, 4.69) is 15.7 Å². The number of amides is 1. The molecule has 5 nitrogen and oxygen atoms in total. The molecule has 1 aromatic heterocycles. The predicted molar refractivity (Wildman–Crippen MR) is 88.8 cm³/mol. The van der Waals surface area contributed by atoms with Crippen molar-refractivity contribution >= 4 is 23.3 Å². The average molecular weight is 325 g/mol. The average Bonchev–Trinajstić information content (AvgIpc) is 3.01. The fourth-order valence-corrected chi connectivity index (χ4v) is 2.75. The minimum atomic E-state index is -0.327. The highest BCUT2D eigenvalue weighted by Gasteiger charge is 2.28. The molecule has 0 aliphatic carbocycles. The van der Waals surface area contributed by atoms with E-state index in [1.807, 2.05) is 42.5 Å². The van der Waals surface area contributed by atoms with Gasteiger partial charge in [0.25, 0.3) is 5.91 Å². The first-order chi connectivity index (χ1) is 11.2. The molecular formula is C17H13ClN4O. The van der Waals surface area contributed by atoms with Gasteiger partial charge in [0.2, 0.25) is 0 Å². The molecule has 1 amide bonds.